The van der Waals surface area contributed by atoms with Crippen molar-refractivity contribution in [2.45, 2.75) is 43.1 Å². The van der Waals surface area contributed by atoms with Crippen LogP contribution in [0.2, 0.25) is 0 Å². The summed E-state index contributed by atoms with van der Waals surface area (Å²) in [4.78, 5) is 0. The van der Waals surface area contributed by atoms with E-state index in [1.807, 2.05) is 0 Å². The third-order valence-electron chi connectivity index (χ3n) is 3.07. The zero-order valence-electron chi connectivity index (χ0n) is 7.57. The lowest BCUT2D eigenvalue weighted by Gasteiger charge is -2.56. The molecule has 2 N–H and O–H groups in total. The largest absolute Gasteiger partial charge is 0.387 e. The summed E-state index contributed by atoms with van der Waals surface area (Å²) < 4.78 is 20.8. The van der Waals surface area contributed by atoms with E-state index in [1.54, 1.807) is 0 Å². The van der Waals surface area contributed by atoms with E-state index in [9.17, 15) is 10.2 Å². The fourth-order valence-electron chi connectivity index (χ4n) is 2.38. The van der Waals surface area contributed by atoms with Gasteiger partial charge in [0, 0.05) is 7.11 Å². The van der Waals surface area contributed by atoms with Gasteiger partial charge in [0.25, 0.3) is 6.48 Å². The van der Waals surface area contributed by atoms with Crippen LogP contribution in [-0.4, -0.2) is 60.4 Å². The van der Waals surface area contributed by atoms with Crippen molar-refractivity contribution in [3.8, 4) is 0 Å². The summed E-state index contributed by atoms with van der Waals surface area (Å²) in [5, 5.41) is 19.5. The maximum Gasteiger partial charge on any atom is 0.272 e. The topological polar surface area (TPSA) is 77.4 Å². The molecule has 1 aliphatic carbocycles. The van der Waals surface area contributed by atoms with Crippen LogP contribution in [0.15, 0.2) is 0 Å². The second-order valence-corrected chi connectivity index (χ2v) is 3.77. The highest BCUT2D eigenvalue weighted by molar-refractivity contribution is 5.05. The molecule has 14 heavy (non-hydrogen) atoms. The van der Waals surface area contributed by atoms with Gasteiger partial charge in [-0.25, -0.2) is 0 Å². The monoisotopic (exact) mass is 204 g/mol. The molecule has 3 heterocycles. The summed E-state index contributed by atoms with van der Waals surface area (Å²) in [6.45, 7) is -0.770. The van der Waals surface area contributed by atoms with Crippen LogP contribution >= 0.6 is 0 Å². The van der Waals surface area contributed by atoms with E-state index in [2.05, 4.69) is 0 Å². The molecule has 6 heteroatoms. The Balaban J connectivity index is 1.94. The summed E-state index contributed by atoms with van der Waals surface area (Å²) in [6, 6.07) is 0. The predicted molar refractivity (Wildman–Crippen MR) is 41.2 cm³/mol. The minimum Gasteiger partial charge on any atom is -0.387 e. The van der Waals surface area contributed by atoms with Gasteiger partial charge in [0.1, 0.15) is 36.6 Å². The smallest absolute Gasteiger partial charge is 0.272 e. The van der Waals surface area contributed by atoms with E-state index in [-0.39, 0.29) is 0 Å². The van der Waals surface area contributed by atoms with Gasteiger partial charge in [0.05, 0.1) is 0 Å². The number of hydrogen-bond acceptors (Lipinski definition) is 6. The first-order valence-electron chi connectivity index (χ1n) is 4.57. The van der Waals surface area contributed by atoms with Gasteiger partial charge in [0.15, 0.2) is 0 Å². The minimum atomic E-state index is -0.855. The average molecular weight is 204 g/mol. The van der Waals surface area contributed by atoms with Gasteiger partial charge in [-0.15, -0.1) is 0 Å². The van der Waals surface area contributed by atoms with Crippen molar-refractivity contribution < 1.29 is 29.2 Å². The van der Waals surface area contributed by atoms with Crippen molar-refractivity contribution in [1.29, 1.82) is 0 Å². The van der Waals surface area contributed by atoms with E-state index >= 15 is 0 Å². The molecule has 6 nitrogen and oxygen atoms in total. The van der Waals surface area contributed by atoms with Crippen molar-refractivity contribution in [2.24, 2.45) is 0 Å². The Labute approximate surface area is 80.3 Å². The molecule has 0 aromatic heterocycles. The van der Waals surface area contributed by atoms with Crippen molar-refractivity contribution in [2.75, 3.05) is 7.11 Å². The number of rotatable bonds is 1. The normalized spacial score (nSPS) is 60.6. The molecule has 0 aromatic carbocycles. The second-order valence-electron chi connectivity index (χ2n) is 3.77. The second kappa shape index (κ2) is 2.88. The Morgan fingerprint density at radius 1 is 0.929 bits per heavy atom. The molecular weight excluding hydrogens is 192 g/mol. The Hall–Kier alpha value is -0.240. The first-order chi connectivity index (χ1) is 6.72. The fraction of sp³-hybridized carbons (Fsp3) is 1.00. The third-order valence-corrected chi connectivity index (χ3v) is 3.07. The van der Waals surface area contributed by atoms with Crippen molar-refractivity contribution in [3.63, 3.8) is 0 Å². The van der Waals surface area contributed by atoms with Gasteiger partial charge in [-0.2, -0.15) is 0 Å². The number of hydrogen-bond donors (Lipinski definition) is 2. The number of aliphatic hydroxyl groups is 2. The van der Waals surface area contributed by atoms with E-state index in [0.717, 1.165) is 0 Å². The van der Waals surface area contributed by atoms with E-state index in [1.165, 1.54) is 7.11 Å². The third kappa shape index (κ3) is 0.955. The van der Waals surface area contributed by atoms with Gasteiger partial charge in [-0.1, -0.05) is 0 Å². The molecule has 0 radical (unpaired) electrons. The number of aliphatic hydroxyl groups excluding tert-OH is 2. The Morgan fingerprint density at radius 3 is 1.93 bits per heavy atom. The van der Waals surface area contributed by atoms with Crippen molar-refractivity contribution in [3.05, 3.63) is 0 Å². The summed E-state index contributed by atoms with van der Waals surface area (Å²) >= 11 is 0. The summed E-state index contributed by atoms with van der Waals surface area (Å²) in [5.41, 5.74) is 0. The lowest BCUT2D eigenvalue weighted by atomic mass is 9.82. The lowest BCUT2D eigenvalue weighted by molar-refractivity contribution is -0.482. The molecule has 7 atom stereocenters. The number of ether oxygens (including phenoxy) is 4. The molecule has 3 saturated heterocycles. The molecule has 4 fully saturated rings. The standard InChI is InChI=1S/C8H12O6/c1-11-7-5-2(9)4-3(10)6(7)14-8(12-4)13-5/h2-10H,1H3/t2-,3+,4?,5-,6+,7?,8?. The zero-order chi connectivity index (χ0) is 9.87. The highest BCUT2D eigenvalue weighted by Crippen LogP contribution is 2.40. The molecule has 4 bridgehead atoms. The molecule has 80 valence electrons. The summed E-state index contributed by atoms with van der Waals surface area (Å²) in [5.74, 6) is 0. The fourth-order valence-corrected chi connectivity index (χ4v) is 2.38. The van der Waals surface area contributed by atoms with Gasteiger partial charge in [-0.05, 0) is 0 Å². The SMILES string of the molecule is COC1[C@H]2OC3OC([C@@H](O)[C@H]1O3)[C@@H]2O. The van der Waals surface area contributed by atoms with Crippen LogP contribution in [-0.2, 0) is 18.9 Å². The van der Waals surface area contributed by atoms with Gasteiger partial charge in [-0.3, -0.25) is 0 Å². The van der Waals surface area contributed by atoms with Gasteiger partial charge in [0.2, 0.25) is 0 Å². The maximum atomic E-state index is 9.75. The van der Waals surface area contributed by atoms with Crippen LogP contribution in [0.1, 0.15) is 0 Å². The number of methoxy groups -OCH3 is 1. The van der Waals surface area contributed by atoms with Crippen LogP contribution in [0, 0.1) is 0 Å². The maximum absolute atomic E-state index is 9.75. The van der Waals surface area contributed by atoms with Crippen LogP contribution in [0.25, 0.3) is 0 Å². The van der Waals surface area contributed by atoms with Crippen LogP contribution in [0.5, 0.6) is 0 Å². The molecule has 4 rings (SSSR count). The first kappa shape index (κ1) is 9.02. The summed E-state index contributed by atoms with van der Waals surface area (Å²) in [6.07, 6.45) is -3.70. The molecule has 0 aromatic rings. The first-order valence-corrected chi connectivity index (χ1v) is 4.57. The minimum absolute atomic E-state index is 0.434. The molecule has 1 saturated carbocycles. The zero-order valence-corrected chi connectivity index (χ0v) is 7.57. The highest BCUT2D eigenvalue weighted by Gasteiger charge is 2.61. The van der Waals surface area contributed by atoms with Crippen molar-refractivity contribution in [1.82, 2.24) is 0 Å². The molecule has 0 spiro atoms. The van der Waals surface area contributed by atoms with Gasteiger partial charge >= 0.3 is 0 Å². The molecule has 0 amide bonds. The Morgan fingerprint density at radius 2 is 1.43 bits per heavy atom. The molecule has 4 aliphatic rings. The van der Waals surface area contributed by atoms with E-state index in [4.69, 9.17) is 18.9 Å². The molecule has 3 unspecified atom stereocenters. The predicted octanol–water partition coefficient (Wildman–Crippen LogP) is -1.80. The van der Waals surface area contributed by atoms with E-state index < -0.39 is 43.1 Å². The van der Waals surface area contributed by atoms with E-state index in [0.29, 0.717) is 0 Å². The van der Waals surface area contributed by atoms with Crippen molar-refractivity contribution >= 4 is 0 Å². The Bertz CT molecular complexity index is 226. The molecular formula is C8H12O6. The summed E-state index contributed by atoms with van der Waals surface area (Å²) in [7, 11) is 1.50. The van der Waals surface area contributed by atoms with Crippen LogP contribution in [0.3, 0.4) is 0 Å². The quantitative estimate of drug-likeness (QED) is 0.525. The lowest BCUT2D eigenvalue weighted by Crippen LogP contribution is -2.75. The average Bonchev–Trinajstić information content (AvgIpc) is 2.20. The Kier molecular flexibility index (Phi) is 1.85. The molecule has 3 aliphatic heterocycles. The van der Waals surface area contributed by atoms with Crippen LogP contribution < -0.4 is 0 Å². The van der Waals surface area contributed by atoms with Crippen LogP contribution in [0.4, 0.5) is 0 Å². The van der Waals surface area contributed by atoms with Gasteiger partial charge < -0.3 is 29.2 Å². The highest BCUT2D eigenvalue weighted by atomic mass is 16.9.